The van der Waals surface area contributed by atoms with Gasteiger partial charge < -0.3 is 5.32 Å². The van der Waals surface area contributed by atoms with Crippen LogP contribution in [0.2, 0.25) is 0 Å². The molecule has 1 atom stereocenters. The Kier molecular flexibility index (Phi) is 5.27. The summed E-state index contributed by atoms with van der Waals surface area (Å²) in [6, 6.07) is 4.22. The Morgan fingerprint density at radius 1 is 1.28 bits per heavy atom. The zero-order chi connectivity index (χ0) is 13.8. The molecule has 0 saturated carbocycles. The van der Waals surface area contributed by atoms with E-state index in [4.69, 9.17) is 0 Å². The fourth-order valence-corrected chi connectivity index (χ4v) is 2.50. The van der Waals surface area contributed by atoms with Crippen LogP contribution in [-0.2, 0) is 6.42 Å². The largest absolute Gasteiger partial charge is 0.315 e. The maximum absolute atomic E-state index is 13.6. The number of nitrogens with one attached hydrogen (secondary N) is 1. The van der Waals surface area contributed by atoms with Crippen molar-refractivity contribution in [1.29, 1.82) is 0 Å². The molecule has 1 nitrogen and oxygen atoms in total. The predicted molar refractivity (Wildman–Crippen MR) is 71.6 cm³/mol. The van der Waals surface area contributed by atoms with Crippen LogP contribution >= 0.6 is 0 Å². The summed E-state index contributed by atoms with van der Waals surface area (Å²) in [4.78, 5) is 0. The Bertz CT molecular complexity index is 388. The molecule has 1 aromatic carbocycles. The van der Waals surface area contributed by atoms with Gasteiger partial charge in [0.15, 0.2) is 0 Å². The van der Waals surface area contributed by atoms with E-state index < -0.39 is 11.6 Å². The third-order valence-corrected chi connectivity index (χ3v) is 3.10. The minimum Gasteiger partial charge on any atom is -0.315 e. The summed E-state index contributed by atoms with van der Waals surface area (Å²) in [7, 11) is 0. The van der Waals surface area contributed by atoms with Crippen molar-refractivity contribution in [2.45, 2.75) is 46.6 Å². The van der Waals surface area contributed by atoms with Crippen molar-refractivity contribution < 1.29 is 8.78 Å². The lowest BCUT2D eigenvalue weighted by molar-refractivity contribution is 0.285. The highest BCUT2D eigenvalue weighted by molar-refractivity contribution is 5.19. The van der Waals surface area contributed by atoms with Crippen molar-refractivity contribution in [3.63, 3.8) is 0 Å². The van der Waals surface area contributed by atoms with Crippen molar-refractivity contribution in [3.05, 3.63) is 35.4 Å². The first-order valence-electron chi connectivity index (χ1n) is 6.51. The molecule has 0 amide bonds. The summed E-state index contributed by atoms with van der Waals surface area (Å²) in [5.74, 6) is -0.964. The molecule has 102 valence electrons. The second-order valence-corrected chi connectivity index (χ2v) is 5.74. The molecule has 0 fully saturated rings. The summed E-state index contributed by atoms with van der Waals surface area (Å²) < 4.78 is 26.5. The minimum atomic E-state index is -0.518. The van der Waals surface area contributed by atoms with Crippen LogP contribution in [0.25, 0.3) is 0 Å². The number of hydrogen-bond donors (Lipinski definition) is 1. The fourth-order valence-electron chi connectivity index (χ4n) is 2.50. The average Bonchev–Trinajstić information content (AvgIpc) is 2.21. The predicted octanol–water partition coefficient (Wildman–Crippen LogP) is 3.92. The molecule has 0 aliphatic heterocycles. The van der Waals surface area contributed by atoms with Crippen LogP contribution in [0.3, 0.4) is 0 Å². The van der Waals surface area contributed by atoms with E-state index in [1.807, 2.05) is 0 Å². The molecular weight excluding hydrogens is 232 g/mol. The van der Waals surface area contributed by atoms with E-state index >= 15 is 0 Å². The number of halogens is 2. The summed E-state index contributed by atoms with van der Waals surface area (Å²) in [6.45, 7) is 9.37. The van der Waals surface area contributed by atoms with Crippen LogP contribution in [0.15, 0.2) is 18.2 Å². The molecule has 0 aliphatic rings. The van der Waals surface area contributed by atoms with E-state index in [0.29, 0.717) is 18.0 Å². The van der Waals surface area contributed by atoms with Gasteiger partial charge in [0.05, 0.1) is 0 Å². The molecular formula is C15H23F2N. The molecule has 1 aromatic rings. The van der Waals surface area contributed by atoms with Crippen molar-refractivity contribution in [3.8, 4) is 0 Å². The normalized spacial score (nSPS) is 13.7. The van der Waals surface area contributed by atoms with Gasteiger partial charge in [0.1, 0.15) is 11.6 Å². The minimum absolute atomic E-state index is 0.0136. The summed E-state index contributed by atoms with van der Waals surface area (Å²) in [6.07, 6.45) is 1.58. The molecule has 0 bridgehead atoms. The van der Waals surface area contributed by atoms with Gasteiger partial charge >= 0.3 is 0 Å². The Morgan fingerprint density at radius 3 is 2.50 bits per heavy atom. The van der Waals surface area contributed by atoms with Crippen LogP contribution in [0.4, 0.5) is 8.78 Å². The van der Waals surface area contributed by atoms with Gasteiger partial charge in [-0.25, -0.2) is 8.78 Å². The number of rotatable bonds is 6. The second kappa shape index (κ2) is 6.28. The molecule has 0 radical (unpaired) electrons. The Hall–Kier alpha value is -0.960. The van der Waals surface area contributed by atoms with E-state index in [-0.39, 0.29) is 5.41 Å². The Labute approximate surface area is 109 Å². The highest BCUT2D eigenvalue weighted by Gasteiger charge is 2.22. The molecule has 3 heteroatoms. The molecule has 1 rings (SSSR count). The monoisotopic (exact) mass is 255 g/mol. The second-order valence-electron chi connectivity index (χ2n) is 5.74. The summed E-state index contributed by atoms with van der Waals surface area (Å²) >= 11 is 0. The summed E-state index contributed by atoms with van der Waals surface area (Å²) in [5, 5.41) is 3.36. The zero-order valence-electron chi connectivity index (χ0n) is 11.7. The van der Waals surface area contributed by atoms with Crippen molar-refractivity contribution >= 4 is 0 Å². The molecule has 1 N–H and O–H groups in total. The van der Waals surface area contributed by atoms with Gasteiger partial charge in [-0.3, -0.25) is 0 Å². The molecule has 0 spiro atoms. The third kappa shape index (κ3) is 4.73. The SMILES string of the molecule is CCNC(C)CC(C)(C)Cc1ccc(F)cc1F. The maximum atomic E-state index is 13.6. The van der Waals surface area contributed by atoms with Crippen LogP contribution in [-0.4, -0.2) is 12.6 Å². The quantitative estimate of drug-likeness (QED) is 0.812. The topological polar surface area (TPSA) is 12.0 Å². The fraction of sp³-hybridized carbons (Fsp3) is 0.600. The number of benzene rings is 1. The standard InChI is InChI=1S/C15H23F2N/c1-5-18-11(2)9-15(3,4)10-12-6-7-13(16)8-14(12)17/h6-8,11,18H,5,9-10H2,1-4H3. The molecule has 18 heavy (non-hydrogen) atoms. The average molecular weight is 255 g/mol. The molecule has 0 saturated heterocycles. The van der Waals surface area contributed by atoms with E-state index in [2.05, 4.69) is 33.0 Å². The van der Waals surface area contributed by atoms with Crippen LogP contribution < -0.4 is 5.32 Å². The molecule has 0 heterocycles. The lowest BCUT2D eigenvalue weighted by Crippen LogP contribution is -2.32. The first-order chi connectivity index (χ1) is 8.34. The maximum Gasteiger partial charge on any atom is 0.129 e. The van der Waals surface area contributed by atoms with Gasteiger partial charge in [0.2, 0.25) is 0 Å². The Morgan fingerprint density at radius 2 is 1.94 bits per heavy atom. The first-order valence-corrected chi connectivity index (χ1v) is 6.51. The third-order valence-electron chi connectivity index (χ3n) is 3.10. The van der Waals surface area contributed by atoms with Crippen molar-refractivity contribution in [2.75, 3.05) is 6.54 Å². The lowest BCUT2D eigenvalue weighted by atomic mass is 9.80. The highest BCUT2D eigenvalue weighted by Crippen LogP contribution is 2.28. The van der Waals surface area contributed by atoms with Crippen LogP contribution in [0, 0.1) is 17.0 Å². The van der Waals surface area contributed by atoms with Crippen LogP contribution in [0.1, 0.15) is 39.7 Å². The Balaban J connectivity index is 2.69. The highest BCUT2D eigenvalue weighted by atomic mass is 19.1. The molecule has 0 aliphatic carbocycles. The molecule has 1 unspecified atom stereocenters. The lowest BCUT2D eigenvalue weighted by Gasteiger charge is -2.28. The van der Waals surface area contributed by atoms with E-state index in [9.17, 15) is 8.78 Å². The van der Waals surface area contributed by atoms with E-state index in [1.165, 1.54) is 6.07 Å². The van der Waals surface area contributed by atoms with Gasteiger partial charge in [-0.05, 0) is 43.4 Å². The van der Waals surface area contributed by atoms with Gasteiger partial charge in [-0.1, -0.05) is 26.8 Å². The van der Waals surface area contributed by atoms with Crippen molar-refractivity contribution in [1.82, 2.24) is 5.32 Å². The van der Waals surface area contributed by atoms with Gasteiger partial charge in [0.25, 0.3) is 0 Å². The van der Waals surface area contributed by atoms with Crippen molar-refractivity contribution in [2.24, 2.45) is 5.41 Å². The van der Waals surface area contributed by atoms with Crippen LogP contribution in [0.5, 0.6) is 0 Å². The smallest absolute Gasteiger partial charge is 0.129 e. The zero-order valence-corrected chi connectivity index (χ0v) is 11.7. The van der Waals surface area contributed by atoms with Gasteiger partial charge in [-0.2, -0.15) is 0 Å². The van der Waals surface area contributed by atoms with Gasteiger partial charge in [0, 0.05) is 12.1 Å². The summed E-state index contributed by atoms with van der Waals surface area (Å²) in [5.41, 5.74) is 0.574. The first kappa shape index (κ1) is 15.1. The van der Waals surface area contributed by atoms with Gasteiger partial charge in [-0.15, -0.1) is 0 Å². The van der Waals surface area contributed by atoms with E-state index in [0.717, 1.165) is 19.0 Å². The molecule has 0 aromatic heterocycles. The van der Waals surface area contributed by atoms with E-state index in [1.54, 1.807) is 6.07 Å². The number of hydrogen-bond acceptors (Lipinski definition) is 1.